The lowest BCUT2D eigenvalue weighted by atomic mass is 9.94. The lowest BCUT2D eigenvalue weighted by Crippen LogP contribution is -2.38. The Morgan fingerprint density at radius 1 is 1.67 bits per heavy atom. The first-order valence-electron chi connectivity index (χ1n) is 4.81. The minimum absolute atomic E-state index is 0.280. The van der Waals surface area contributed by atoms with Crippen molar-refractivity contribution in [2.45, 2.75) is 25.9 Å². The molecule has 1 saturated heterocycles. The standard InChI is InChI=1S/C9H19NO2/c1-2-12-7-9(11)8-4-3-5-10-6-8/h8-11H,2-7H2,1H3. The zero-order valence-electron chi connectivity index (χ0n) is 7.75. The van der Waals surface area contributed by atoms with Crippen molar-refractivity contribution in [1.29, 1.82) is 0 Å². The summed E-state index contributed by atoms with van der Waals surface area (Å²) in [5, 5.41) is 12.9. The van der Waals surface area contributed by atoms with E-state index < -0.39 is 0 Å². The van der Waals surface area contributed by atoms with Crippen LogP contribution in [-0.4, -0.2) is 37.5 Å². The number of ether oxygens (including phenoxy) is 1. The molecule has 0 aromatic carbocycles. The van der Waals surface area contributed by atoms with Crippen LogP contribution in [0.25, 0.3) is 0 Å². The van der Waals surface area contributed by atoms with E-state index >= 15 is 0 Å². The monoisotopic (exact) mass is 173 g/mol. The maximum Gasteiger partial charge on any atom is 0.0813 e. The van der Waals surface area contributed by atoms with E-state index in [0.717, 1.165) is 19.5 Å². The fraction of sp³-hybridized carbons (Fsp3) is 1.00. The number of nitrogens with one attached hydrogen (secondary N) is 1. The molecule has 2 unspecified atom stereocenters. The first-order valence-corrected chi connectivity index (χ1v) is 4.81. The van der Waals surface area contributed by atoms with E-state index in [4.69, 9.17) is 4.74 Å². The molecule has 1 heterocycles. The van der Waals surface area contributed by atoms with Crippen LogP contribution in [0.2, 0.25) is 0 Å². The SMILES string of the molecule is CCOCC(O)C1CCCNC1. The highest BCUT2D eigenvalue weighted by atomic mass is 16.5. The van der Waals surface area contributed by atoms with E-state index in [-0.39, 0.29) is 6.10 Å². The number of hydrogen-bond donors (Lipinski definition) is 2. The Kier molecular flexibility index (Phi) is 4.58. The third-order valence-corrected chi connectivity index (χ3v) is 2.37. The van der Waals surface area contributed by atoms with Crippen molar-refractivity contribution in [1.82, 2.24) is 5.32 Å². The fourth-order valence-electron chi connectivity index (χ4n) is 1.58. The van der Waals surface area contributed by atoms with Crippen LogP contribution in [0.5, 0.6) is 0 Å². The van der Waals surface area contributed by atoms with Crippen LogP contribution < -0.4 is 5.32 Å². The second-order valence-corrected chi connectivity index (χ2v) is 3.33. The molecule has 1 aliphatic heterocycles. The normalized spacial score (nSPS) is 27.0. The Hall–Kier alpha value is -0.120. The highest BCUT2D eigenvalue weighted by Crippen LogP contribution is 2.14. The number of aliphatic hydroxyl groups is 1. The van der Waals surface area contributed by atoms with Gasteiger partial charge in [0.1, 0.15) is 0 Å². The Labute approximate surface area is 74.1 Å². The van der Waals surface area contributed by atoms with Crippen molar-refractivity contribution >= 4 is 0 Å². The Bertz CT molecular complexity index is 113. The quantitative estimate of drug-likeness (QED) is 0.646. The molecule has 0 saturated carbocycles. The Morgan fingerprint density at radius 2 is 2.50 bits per heavy atom. The van der Waals surface area contributed by atoms with Gasteiger partial charge in [-0.25, -0.2) is 0 Å². The summed E-state index contributed by atoms with van der Waals surface area (Å²) >= 11 is 0. The predicted octanol–water partition coefficient (Wildman–Crippen LogP) is 0.383. The molecule has 72 valence electrons. The van der Waals surface area contributed by atoms with E-state index in [0.29, 0.717) is 19.1 Å². The third-order valence-electron chi connectivity index (χ3n) is 2.37. The van der Waals surface area contributed by atoms with Gasteiger partial charge in [-0.15, -0.1) is 0 Å². The van der Waals surface area contributed by atoms with Crippen molar-refractivity contribution < 1.29 is 9.84 Å². The van der Waals surface area contributed by atoms with Crippen LogP contribution in [0.1, 0.15) is 19.8 Å². The molecule has 3 nitrogen and oxygen atoms in total. The molecule has 3 heteroatoms. The van der Waals surface area contributed by atoms with Gasteiger partial charge in [-0.2, -0.15) is 0 Å². The molecular weight excluding hydrogens is 154 g/mol. The van der Waals surface area contributed by atoms with Gasteiger partial charge < -0.3 is 15.2 Å². The summed E-state index contributed by atoms with van der Waals surface area (Å²) in [6.45, 7) is 5.16. The van der Waals surface area contributed by atoms with Gasteiger partial charge in [0.05, 0.1) is 12.7 Å². The average molecular weight is 173 g/mol. The summed E-state index contributed by atoms with van der Waals surface area (Å²) in [6.07, 6.45) is 2.02. The van der Waals surface area contributed by atoms with Crippen LogP contribution in [0.4, 0.5) is 0 Å². The fourth-order valence-corrected chi connectivity index (χ4v) is 1.58. The van der Waals surface area contributed by atoms with Crippen molar-refractivity contribution in [3.05, 3.63) is 0 Å². The lowest BCUT2D eigenvalue weighted by Gasteiger charge is -2.26. The van der Waals surface area contributed by atoms with E-state index in [1.807, 2.05) is 6.92 Å². The lowest BCUT2D eigenvalue weighted by molar-refractivity contribution is 0.00279. The van der Waals surface area contributed by atoms with E-state index in [2.05, 4.69) is 5.32 Å². The molecule has 0 aromatic heterocycles. The molecule has 1 aliphatic rings. The highest BCUT2D eigenvalue weighted by molar-refractivity contribution is 4.75. The van der Waals surface area contributed by atoms with Gasteiger partial charge in [0.15, 0.2) is 0 Å². The number of hydrogen-bond acceptors (Lipinski definition) is 3. The Balaban J connectivity index is 2.15. The van der Waals surface area contributed by atoms with E-state index in [1.165, 1.54) is 6.42 Å². The first-order chi connectivity index (χ1) is 5.84. The molecule has 0 radical (unpaired) electrons. The minimum atomic E-state index is -0.280. The average Bonchev–Trinajstić information content (AvgIpc) is 2.15. The number of rotatable bonds is 4. The van der Waals surface area contributed by atoms with E-state index in [1.54, 1.807) is 0 Å². The number of piperidine rings is 1. The van der Waals surface area contributed by atoms with Gasteiger partial charge in [-0.1, -0.05) is 0 Å². The van der Waals surface area contributed by atoms with Gasteiger partial charge in [0.25, 0.3) is 0 Å². The molecule has 0 aromatic rings. The highest BCUT2D eigenvalue weighted by Gasteiger charge is 2.20. The molecule has 0 aliphatic carbocycles. The summed E-state index contributed by atoms with van der Waals surface area (Å²) in [4.78, 5) is 0. The summed E-state index contributed by atoms with van der Waals surface area (Å²) in [7, 11) is 0. The van der Waals surface area contributed by atoms with Gasteiger partial charge >= 0.3 is 0 Å². The molecule has 2 atom stereocenters. The molecule has 0 amide bonds. The molecular formula is C9H19NO2. The molecule has 1 rings (SSSR count). The summed E-state index contributed by atoms with van der Waals surface area (Å²) in [6, 6.07) is 0. The molecule has 0 bridgehead atoms. The smallest absolute Gasteiger partial charge is 0.0813 e. The maximum atomic E-state index is 9.64. The van der Waals surface area contributed by atoms with Crippen LogP contribution in [0.15, 0.2) is 0 Å². The van der Waals surface area contributed by atoms with Crippen LogP contribution >= 0.6 is 0 Å². The van der Waals surface area contributed by atoms with E-state index in [9.17, 15) is 5.11 Å². The van der Waals surface area contributed by atoms with Crippen LogP contribution in [-0.2, 0) is 4.74 Å². The second kappa shape index (κ2) is 5.51. The zero-order valence-corrected chi connectivity index (χ0v) is 7.75. The van der Waals surface area contributed by atoms with Gasteiger partial charge in [0, 0.05) is 13.2 Å². The largest absolute Gasteiger partial charge is 0.390 e. The summed E-state index contributed by atoms with van der Waals surface area (Å²) in [5.41, 5.74) is 0. The van der Waals surface area contributed by atoms with Crippen molar-refractivity contribution in [3.8, 4) is 0 Å². The van der Waals surface area contributed by atoms with Gasteiger partial charge in [-0.3, -0.25) is 0 Å². The van der Waals surface area contributed by atoms with Crippen molar-refractivity contribution in [3.63, 3.8) is 0 Å². The van der Waals surface area contributed by atoms with Gasteiger partial charge in [0.2, 0.25) is 0 Å². The topological polar surface area (TPSA) is 41.5 Å². The van der Waals surface area contributed by atoms with Crippen molar-refractivity contribution in [2.24, 2.45) is 5.92 Å². The molecule has 1 fully saturated rings. The Morgan fingerprint density at radius 3 is 3.08 bits per heavy atom. The molecule has 12 heavy (non-hydrogen) atoms. The first kappa shape index (κ1) is 9.96. The van der Waals surface area contributed by atoms with Crippen LogP contribution in [0, 0.1) is 5.92 Å². The molecule has 2 N–H and O–H groups in total. The van der Waals surface area contributed by atoms with Crippen molar-refractivity contribution in [2.75, 3.05) is 26.3 Å². The molecule has 0 spiro atoms. The van der Waals surface area contributed by atoms with Crippen LogP contribution in [0.3, 0.4) is 0 Å². The maximum absolute atomic E-state index is 9.64. The zero-order chi connectivity index (χ0) is 8.81. The van der Waals surface area contributed by atoms with Gasteiger partial charge in [-0.05, 0) is 32.2 Å². The minimum Gasteiger partial charge on any atom is -0.390 e. The summed E-state index contributed by atoms with van der Waals surface area (Å²) in [5.74, 6) is 0.394. The second-order valence-electron chi connectivity index (χ2n) is 3.33. The predicted molar refractivity (Wildman–Crippen MR) is 48.1 cm³/mol. The number of aliphatic hydroxyl groups excluding tert-OH is 1. The summed E-state index contributed by atoms with van der Waals surface area (Å²) < 4.78 is 5.17. The third kappa shape index (κ3) is 3.09.